The van der Waals surface area contributed by atoms with Crippen LogP contribution in [0.1, 0.15) is 23.2 Å². The second-order valence-corrected chi connectivity index (χ2v) is 6.49. The molecule has 1 saturated heterocycles. The Bertz CT molecular complexity index is 927. The van der Waals surface area contributed by atoms with Crippen molar-refractivity contribution in [3.63, 3.8) is 0 Å². The van der Waals surface area contributed by atoms with Crippen LogP contribution in [0, 0.1) is 27.7 Å². The van der Waals surface area contributed by atoms with Gasteiger partial charge in [-0.2, -0.15) is 0 Å². The van der Waals surface area contributed by atoms with Crippen LogP contribution in [0.15, 0.2) is 42.5 Å². The molecule has 146 valence electrons. The van der Waals surface area contributed by atoms with Crippen LogP contribution in [-0.4, -0.2) is 34.7 Å². The maximum absolute atomic E-state index is 13.8. The van der Waals surface area contributed by atoms with Crippen molar-refractivity contribution in [1.29, 1.82) is 0 Å². The van der Waals surface area contributed by atoms with Crippen LogP contribution >= 0.6 is 0 Å². The number of non-ortho nitro benzene ring substituents is 1. The number of hydrogen-bond donors (Lipinski definition) is 1. The number of nitrogens with zero attached hydrogens (tertiary/aromatic N) is 2. The standard InChI is InChI=1S/C19H17F2N3O4/c20-13-4-5-16(17(21)10-13)19(26)23-8-6-12(7-9-23)18(25)22-14-2-1-3-15(11-14)24(27)28/h1-5,10-12H,6-9H2,(H,22,25). The molecule has 9 heteroatoms. The SMILES string of the molecule is O=C(Nc1cccc([N+](=O)[O-])c1)C1CCN(C(=O)c2ccc(F)cc2F)CC1. The molecule has 2 amide bonds. The molecule has 1 fully saturated rings. The van der Waals surface area contributed by atoms with Crippen molar-refractivity contribution in [2.45, 2.75) is 12.8 Å². The first kappa shape index (κ1) is 19.4. The van der Waals surface area contributed by atoms with E-state index in [2.05, 4.69) is 5.32 Å². The van der Waals surface area contributed by atoms with Crippen molar-refractivity contribution in [3.8, 4) is 0 Å². The van der Waals surface area contributed by atoms with Gasteiger partial charge in [-0.3, -0.25) is 19.7 Å². The summed E-state index contributed by atoms with van der Waals surface area (Å²) in [6, 6.07) is 8.42. The molecule has 2 aromatic carbocycles. The van der Waals surface area contributed by atoms with Gasteiger partial charge in [0, 0.05) is 42.9 Å². The van der Waals surface area contributed by atoms with Crippen molar-refractivity contribution in [3.05, 3.63) is 69.8 Å². The fraction of sp³-hybridized carbons (Fsp3) is 0.263. The molecule has 1 aliphatic heterocycles. The van der Waals surface area contributed by atoms with Crippen LogP contribution in [0.3, 0.4) is 0 Å². The molecular weight excluding hydrogens is 372 g/mol. The van der Waals surface area contributed by atoms with Crippen LogP contribution in [0.25, 0.3) is 0 Å². The molecule has 28 heavy (non-hydrogen) atoms. The third kappa shape index (κ3) is 4.30. The number of carbonyl (C=O) groups excluding carboxylic acids is 2. The predicted octanol–water partition coefficient (Wildman–Crippen LogP) is 3.36. The number of rotatable bonds is 4. The highest BCUT2D eigenvalue weighted by Gasteiger charge is 2.29. The Morgan fingerprint density at radius 3 is 2.46 bits per heavy atom. The van der Waals surface area contributed by atoms with Gasteiger partial charge in [0.25, 0.3) is 11.6 Å². The van der Waals surface area contributed by atoms with E-state index in [1.54, 1.807) is 6.07 Å². The molecule has 0 aromatic heterocycles. The number of nitrogens with one attached hydrogen (secondary N) is 1. The maximum Gasteiger partial charge on any atom is 0.271 e. The molecule has 0 saturated carbocycles. The van der Waals surface area contributed by atoms with Crippen molar-refractivity contribution in [2.24, 2.45) is 5.92 Å². The molecule has 1 aliphatic rings. The van der Waals surface area contributed by atoms with E-state index in [0.717, 1.165) is 12.1 Å². The number of likely N-dealkylation sites (tertiary alicyclic amines) is 1. The Morgan fingerprint density at radius 1 is 1.11 bits per heavy atom. The van der Waals surface area contributed by atoms with E-state index in [1.807, 2.05) is 0 Å². The summed E-state index contributed by atoms with van der Waals surface area (Å²) in [4.78, 5) is 36.5. The minimum Gasteiger partial charge on any atom is -0.339 e. The molecule has 0 aliphatic carbocycles. The number of amides is 2. The van der Waals surface area contributed by atoms with Crippen LogP contribution < -0.4 is 5.32 Å². The smallest absolute Gasteiger partial charge is 0.271 e. The number of anilines is 1. The lowest BCUT2D eigenvalue weighted by molar-refractivity contribution is -0.384. The summed E-state index contributed by atoms with van der Waals surface area (Å²) in [5, 5.41) is 13.5. The molecule has 1 N–H and O–H groups in total. The van der Waals surface area contributed by atoms with E-state index in [0.29, 0.717) is 24.6 Å². The van der Waals surface area contributed by atoms with E-state index < -0.39 is 22.5 Å². The van der Waals surface area contributed by atoms with Gasteiger partial charge in [-0.1, -0.05) is 6.07 Å². The fourth-order valence-corrected chi connectivity index (χ4v) is 3.12. The maximum atomic E-state index is 13.8. The van der Waals surface area contributed by atoms with Crippen LogP contribution in [-0.2, 0) is 4.79 Å². The van der Waals surface area contributed by atoms with Gasteiger partial charge < -0.3 is 10.2 Å². The van der Waals surface area contributed by atoms with Gasteiger partial charge in [0.05, 0.1) is 10.5 Å². The van der Waals surface area contributed by atoms with Crippen LogP contribution in [0.2, 0.25) is 0 Å². The second-order valence-electron chi connectivity index (χ2n) is 6.49. The number of nitro groups is 1. The second kappa shape index (κ2) is 8.12. The van der Waals surface area contributed by atoms with Gasteiger partial charge in [-0.25, -0.2) is 8.78 Å². The normalized spacial score (nSPS) is 14.6. The molecule has 0 spiro atoms. The van der Waals surface area contributed by atoms with Crippen molar-refractivity contribution < 1.29 is 23.3 Å². The van der Waals surface area contributed by atoms with Gasteiger partial charge in [-0.05, 0) is 31.0 Å². The summed E-state index contributed by atoms with van der Waals surface area (Å²) < 4.78 is 26.8. The quantitative estimate of drug-likeness (QED) is 0.641. The lowest BCUT2D eigenvalue weighted by atomic mass is 9.95. The van der Waals surface area contributed by atoms with Gasteiger partial charge in [-0.15, -0.1) is 0 Å². The van der Waals surface area contributed by atoms with Gasteiger partial charge >= 0.3 is 0 Å². The first-order valence-corrected chi connectivity index (χ1v) is 8.65. The minimum absolute atomic E-state index is 0.125. The predicted molar refractivity (Wildman–Crippen MR) is 96.7 cm³/mol. The molecule has 3 rings (SSSR count). The van der Waals surface area contributed by atoms with Crippen LogP contribution in [0.5, 0.6) is 0 Å². The summed E-state index contributed by atoms with van der Waals surface area (Å²) in [6.07, 6.45) is 0.741. The van der Waals surface area contributed by atoms with E-state index in [4.69, 9.17) is 0 Å². The summed E-state index contributed by atoms with van der Waals surface area (Å²) >= 11 is 0. The average Bonchev–Trinajstić information content (AvgIpc) is 2.68. The highest BCUT2D eigenvalue weighted by molar-refractivity contribution is 5.95. The molecule has 0 atom stereocenters. The van der Waals surface area contributed by atoms with Gasteiger partial charge in [0.2, 0.25) is 5.91 Å². The fourth-order valence-electron chi connectivity index (χ4n) is 3.12. The zero-order valence-electron chi connectivity index (χ0n) is 14.7. The third-order valence-electron chi connectivity index (χ3n) is 4.64. The van der Waals surface area contributed by atoms with Crippen molar-refractivity contribution >= 4 is 23.2 Å². The molecule has 7 nitrogen and oxygen atoms in total. The Morgan fingerprint density at radius 2 is 1.82 bits per heavy atom. The highest BCUT2D eigenvalue weighted by atomic mass is 19.1. The van der Waals surface area contributed by atoms with E-state index >= 15 is 0 Å². The number of carbonyl (C=O) groups is 2. The number of benzene rings is 2. The lowest BCUT2D eigenvalue weighted by Gasteiger charge is -2.31. The topological polar surface area (TPSA) is 92.5 Å². The Kier molecular flexibility index (Phi) is 5.62. The Labute approximate surface area is 159 Å². The van der Waals surface area contributed by atoms with Crippen LogP contribution in [0.4, 0.5) is 20.2 Å². The average molecular weight is 389 g/mol. The summed E-state index contributed by atoms with van der Waals surface area (Å²) in [5.41, 5.74) is -0.00785. The monoisotopic (exact) mass is 389 g/mol. The van der Waals surface area contributed by atoms with E-state index in [9.17, 15) is 28.5 Å². The van der Waals surface area contributed by atoms with Crippen molar-refractivity contribution in [1.82, 2.24) is 4.90 Å². The first-order chi connectivity index (χ1) is 13.3. The summed E-state index contributed by atoms with van der Waals surface area (Å²) in [6.45, 7) is 0.505. The zero-order valence-corrected chi connectivity index (χ0v) is 14.7. The van der Waals surface area contributed by atoms with E-state index in [-0.39, 0.29) is 36.2 Å². The molecular formula is C19H17F2N3O4. The molecule has 2 aromatic rings. The molecule has 1 heterocycles. The molecule has 0 radical (unpaired) electrons. The van der Waals surface area contributed by atoms with E-state index in [1.165, 1.54) is 23.1 Å². The Balaban J connectivity index is 1.59. The highest BCUT2D eigenvalue weighted by Crippen LogP contribution is 2.23. The molecule has 0 unspecified atom stereocenters. The largest absolute Gasteiger partial charge is 0.339 e. The zero-order chi connectivity index (χ0) is 20.3. The van der Waals surface area contributed by atoms with Gasteiger partial charge in [0.15, 0.2) is 0 Å². The van der Waals surface area contributed by atoms with Crippen molar-refractivity contribution in [2.75, 3.05) is 18.4 Å². The lowest BCUT2D eigenvalue weighted by Crippen LogP contribution is -2.41. The van der Waals surface area contributed by atoms with Gasteiger partial charge in [0.1, 0.15) is 11.6 Å². The summed E-state index contributed by atoms with van der Waals surface area (Å²) in [5.74, 6) is -2.89. The minimum atomic E-state index is -0.921. The Hall–Kier alpha value is -3.36. The third-order valence-corrected chi connectivity index (χ3v) is 4.64. The summed E-state index contributed by atoms with van der Waals surface area (Å²) in [7, 11) is 0. The number of hydrogen-bond acceptors (Lipinski definition) is 4. The first-order valence-electron chi connectivity index (χ1n) is 8.65. The number of nitro benzene ring substituents is 1. The molecule has 0 bridgehead atoms. The number of halogens is 2. The number of piperidine rings is 1.